The number of carbonyl (C=O) groups excluding carboxylic acids is 1. The van der Waals surface area contributed by atoms with E-state index in [1.807, 2.05) is 6.07 Å². The second-order valence-electron chi connectivity index (χ2n) is 2.05. The molecule has 0 aliphatic carbocycles. The first-order chi connectivity index (χ1) is 5.24. The normalized spacial score (nSPS) is 8.73. The van der Waals surface area contributed by atoms with Crippen molar-refractivity contribution in [3.8, 4) is 6.07 Å². The summed E-state index contributed by atoms with van der Waals surface area (Å²) >= 11 is 0. The molecule has 0 aliphatic rings. The number of nitriles is 1. The summed E-state index contributed by atoms with van der Waals surface area (Å²) in [4.78, 5) is 10.5. The average Bonchev–Trinajstić information content (AvgIpc) is 2.05. The van der Waals surface area contributed by atoms with Gasteiger partial charge in [0.2, 0.25) is 0 Å². The van der Waals surface area contributed by atoms with E-state index in [2.05, 4.69) is 0 Å². The highest BCUT2D eigenvalue weighted by atomic mass is 16.1. The van der Waals surface area contributed by atoms with Gasteiger partial charge in [-0.3, -0.25) is 4.79 Å². The fraction of sp³-hybridized carbons (Fsp3) is 0. The molecule has 1 rings (SSSR count). The second-order valence-corrected chi connectivity index (χ2v) is 2.05. The van der Waals surface area contributed by atoms with Crippen LogP contribution >= 0.6 is 0 Å². The second kappa shape index (κ2) is 2.98. The van der Waals surface area contributed by atoms with Gasteiger partial charge in [-0.05, 0) is 12.1 Å². The standard InChI is InChI=1S/C9H5NO/c1-7(11)9-4-2-8(6-10)3-5-9/h1-5H. The van der Waals surface area contributed by atoms with Crippen LogP contribution in [-0.4, -0.2) is 5.78 Å². The molecule has 0 spiro atoms. The fourth-order valence-corrected chi connectivity index (χ4v) is 0.709. The Balaban J connectivity index is 3.03. The van der Waals surface area contributed by atoms with Gasteiger partial charge in [0.05, 0.1) is 11.6 Å². The molecule has 2 nitrogen and oxygen atoms in total. The molecule has 2 heteroatoms. The summed E-state index contributed by atoms with van der Waals surface area (Å²) in [5.41, 5.74) is 0.944. The lowest BCUT2D eigenvalue weighted by Crippen LogP contribution is -1.90. The summed E-state index contributed by atoms with van der Waals surface area (Å²) in [5, 5.41) is 8.40. The first kappa shape index (κ1) is 7.49. The van der Waals surface area contributed by atoms with Crippen LogP contribution in [0.4, 0.5) is 0 Å². The molecule has 0 saturated heterocycles. The fourth-order valence-electron chi connectivity index (χ4n) is 0.709. The maximum atomic E-state index is 10.5. The SMILES string of the molecule is [CH]C(=O)c1ccc(C#N)cc1. The Morgan fingerprint density at radius 2 is 1.91 bits per heavy atom. The quantitative estimate of drug-likeness (QED) is 0.558. The van der Waals surface area contributed by atoms with Gasteiger partial charge in [-0.15, -0.1) is 0 Å². The van der Waals surface area contributed by atoms with Crippen LogP contribution in [0.25, 0.3) is 0 Å². The summed E-state index contributed by atoms with van der Waals surface area (Å²) < 4.78 is 0. The lowest BCUT2D eigenvalue weighted by Gasteiger charge is -1.92. The zero-order chi connectivity index (χ0) is 8.27. The summed E-state index contributed by atoms with van der Waals surface area (Å²) in [6.45, 7) is 4.98. The molecule has 0 amide bonds. The molecule has 2 radical (unpaired) electrons. The molecule has 1 aromatic carbocycles. The summed E-state index contributed by atoms with van der Waals surface area (Å²) in [6, 6.07) is 8.11. The van der Waals surface area contributed by atoms with E-state index < -0.39 is 5.78 Å². The van der Waals surface area contributed by atoms with Crippen LogP contribution < -0.4 is 0 Å². The van der Waals surface area contributed by atoms with Gasteiger partial charge in [0.15, 0.2) is 5.78 Å². The van der Waals surface area contributed by atoms with Crippen molar-refractivity contribution in [3.63, 3.8) is 0 Å². The lowest BCUT2D eigenvalue weighted by atomic mass is 10.1. The predicted molar refractivity (Wildman–Crippen MR) is 39.8 cm³/mol. The Hall–Kier alpha value is -1.62. The van der Waals surface area contributed by atoms with Gasteiger partial charge >= 0.3 is 0 Å². The maximum absolute atomic E-state index is 10.5. The first-order valence-electron chi connectivity index (χ1n) is 3.04. The van der Waals surface area contributed by atoms with E-state index in [0.29, 0.717) is 11.1 Å². The smallest absolute Gasteiger partial charge is 0.167 e. The lowest BCUT2D eigenvalue weighted by molar-refractivity contribution is 0.104. The zero-order valence-corrected chi connectivity index (χ0v) is 5.74. The third-order valence-electron chi connectivity index (χ3n) is 1.30. The van der Waals surface area contributed by atoms with Crippen LogP contribution in [0.15, 0.2) is 24.3 Å². The molecule has 0 aliphatic heterocycles. The predicted octanol–water partition coefficient (Wildman–Crippen LogP) is 1.45. The molecule has 0 heterocycles. The van der Waals surface area contributed by atoms with Crippen molar-refractivity contribution in [3.05, 3.63) is 42.3 Å². The van der Waals surface area contributed by atoms with E-state index in [9.17, 15) is 4.79 Å². The monoisotopic (exact) mass is 143 g/mol. The molecule has 11 heavy (non-hydrogen) atoms. The Morgan fingerprint density at radius 1 is 1.36 bits per heavy atom. The van der Waals surface area contributed by atoms with E-state index in [-0.39, 0.29) is 0 Å². The Bertz CT molecular complexity index is 305. The van der Waals surface area contributed by atoms with Gasteiger partial charge in [-0.1, -0.05) is 12.1 Å². The average molecular weight is 143 g/mol. The van der Waals surface area contributed by atoms with Crippen molar-refractivity contribution in [1.29, 1.82) is 5.26 Å². The zero-order valence-electron chi connectivity index (χ0n) is 5.74. The molecule has 0 fully saturated rings. The number of hydrogen-bond donors (Lipinski definition) is 0. The molecule has 1 aromatic rings. The van der Waals surface area contributed by atoms with E-state index in [1.165, 1.54) is 12.1 Å². The molecular formula is C9H5NO. The van der Waals surface area contributed by atoms with Crippen molar-refractivity contribution >= 4 is 5.78 Å². The third kappa shape index (κ3) is 1.65. The van der Waals surface area contributed by atoms with Crippen molar-refractivity contribution in [2.75, 3.05) is 0 Å². The molecule has 0 N–H and O–H groups in total. The van der Waals surface area contributed by atoms with Crippen LogP contribution in [0.5, 0.6) is 0 Å². The number of nitrogens with zero attached hydrogens (tertiary/aromatic N) is 1. The molecule has 0 saturated carbocycles. The van der Waals surface area contributed by atoms with E-state index in [0.717, 1.165) is 0 Å². The maximum Gasteiger partial charge on any atom is 0.167 e. The molecule has 0 bridgehead atoms. The van der Waals surface area contributed by atoms with Gasteiger partial charge < -0.3 is 0 Å². The largest absolute Gasteiger partial charge is 0.294 e. The number of benzene rings is 1. The van der Waals surface area contributed by atoms with Crippen LogP contribution in [0.1, 0.15) is 15.9 Å². The van der Waals surface area contributed by atoms with Crippen LogP contribution in [0.3, 0.4) is 0 Å². The third-order valence-corrected chi connectivity index (χ3v) is 1.30. The van der Waals surface area contributed by atoms with Crippen LogP contribution in [0, 0.1) is 18.3 Å². The Morgan fingerprint density at radius 3 is 2.27 bits per heavy atom. The van der Waals surface area contributed by atoms with Gasteiger partial charge in [0.25, 0.3) is 0 Å². The minimum absolute atomic E-state index is 0.420. The number of hydrogen-bond acceptors (Lipinski definition) is 2. The molecular weight excluding hydrogens is 138 g/mol. The van der Waals surface area contributed by atoms with Gasteiger partial charge in [0, 0.05) is 12.5 Å². The van der Waals surface area contributed by atoms with Crippen molar-refractivity contribution in [2.45, 2.75) is 0 Å². The van der Waals surface area contributed by atoms with E-state index in [4.69, 9.17) is 12.2 Å². The highest BCUT2D eigenvalue weighted by Crippen LogP contribution is 2.02. The first-order valence-corrected chi connectivity index (χ1v) is 3.04. The number of Topliss-reactive ketones (excluding diaryl/α,β-unsaturated/α-hetero) is 1. The summed E-state index contributed by atoms with van der Waals surface area (Å²) in [6.07, 6.45) is 0. The highest BCUT2D eigenvalue weighted by Gasteiger charge is 1.97. The van der Waals surface area contributed by atoms with Gasteiger partial charge in [-0.2, -0.15) is 5.26 Å². The minimum atomic E-state index is -0.477. The van der Waals surface area contributed by atoms with E-state index in [1.54, 1.807) is 12.1 Å². The van der Waals surface area contributed by atoms with Crippen LogP contribution in [0.2, 0.25) is 0 Å². The number of carbonyl (C=O) groups is 1. The van der Waals surface area contributed by atoms with Crippen molar-refractivity contribution in [2.24, 2.45) is 0 Å². The number of ketones is 1. The van der Waals surface area contributed by atoms with E-state index >= 15 is 0 Å². The Kier molecular flexibility index (Phi) is 2.03. The summed E-state index contributed by atoms with van der Waals surface area (Å²) in [7, 11) is 0. The summed E-state index contributed by atoms with van der Waals surface area (Å²) in [5.74, 6) is -0.477. The minimum Gasteiger partial charge on any atom is -0.294 e. The Labute approximate surface area is 65.1 Å². The van der Waals surface area contributed by atoms with Crippen molar-refractivity contribution < 1.29 is 4.79 Å². The van der Waals surface area contributed by atoms with Gasteiger partial charge in [-0.25, -0.2) is 0 Å². The number of rotatable bonds is 1. The molecule has 0 atom stereocenters. The topological polar surface area (TPSA) is 40.9 Å². The molecule has 52 valence electrons. The molecule has 0 unspecified atom stereocenters. The highest BCUT2D eigenvalue weighted by molar-refractivity contribution is 5.99. The van der Waals surface area contributed by atoms with Crippen LogP contribution in [-0.2, 0) is 0 Å². The molecule has 0 aromatic heterocycles. The van der Waals surface area contributed by atoms with Crippen molar-refractivity contribution in [1.82, 2.24) is 0 Å². The van der Waals surface area contributed by atoms with Gasteiger partial charge in [0.1, 0.15) is 0 Å².